The molecule has 4 heterocycles. The number of nitrogens with one attached hydrogen (secondary N) is 1. The number of nitrogens with two attached hydrogens (primary N) is 1. The summed E-state index contributed by atoms with van der Waals surface area (Å²) in [6, 6.07) is 3.24. The first-order chi connectivity index (χ1) is 15.9. The highest BCUT2D eigenvalue weighted by Crippen LogP contribution is 2.22. The first-order valence-corrected chi connectivity index (χ1v) is 10.7. The molecule has 1 unspecified atom stereocenters. The van der Waals surface area contributed by atoms with Crippen molar-refractivity contribution < 1.29 is 4.79 Å². The van der Waals surface area contributed by atoms with Crippen molar-refractivity contribution in [2.45, 2.75) is 38.9 Å². The number of nitrogens with zero attached hydrogens (tertiary/aromatic N) is 6. The molecule has 4 rings (SSSR count). The maximum absolute atomic E-state index is 13.4. The standard InChI is InChI=1S/C22H26N8O3/c1-3-4-12-29-18-19(26-21(29)28-11-5-6-15(23)13-28)27(2)22(33)30(20(18)32)14-17(31)25-16-7-9-24-10-8-16/h7-10,15H,5-6,11-14,23H2,1-2H3,(H,24,25,31). The van der Waals surface area contributed by atoms with Crippen molar-refractivity contribution >= 4 is 28.7 Å². The lowest BCUT2D eigenvalue weighted by atomic mass is 10.1. The smallest absolute Gasteiger partial charge is 0.332 e. The molecule has 1 fully saturated rings. The van der Waals surface area contributed by atoms with Crippen LogP contribution in [0.1, 0.15) is 19.8 Å². The summed E-state index contributed by atoms with van der Waals surface area (Å²) in [6.45, 7) is 2.85. The Bertz CT molecular complexity index is 1360. The van der Waals surface area contributed by atoms with E-state index in [1.807, 2.05) is 4.90 Å². The summed E-state index contributed by atoms with van der Waals surface area (Å²) in [5.41, 5.74) is 5.95. The molecule has 11 heteroatoms. The fourth-order valence-corrected chi connectivity index (χ4v) is 4.02. The van der Waals surface area contributed by atoms with Gasteiger partial charge in [0.05, 0.1) is 6.54 Å². The van der Waals surface area contributed by atoms with Crippen molar-refractivity contribution in [2.24, 2.45) is 12.8 Å². The lowest BCUT2D eigenvalue weighted by molar-refractivity contribution is -0.116. The van der Waals surface area contributed by atoms with Gasteiger partial charge in [0, 0.05) is 44.3 Å². The Morgan fingerprint density at radius 1 is 1.27 bits per heavy atom. The van der Waals surface area contributed by atoms with E-state index in [1.54, 1.807) is 23.6 Å². The number of aromatic nitrogens is 5. The molecule has 0 aromatic carbocycles. The predicted molar refractivity (Wildman–Crippen MR) is 125 cm³/mol. The van der Waals surface area contributed by atoms with Gasteiger partial charge >= 0.3 is 5.69 Å². The highest BCUT2D eigenvalue weighted by molar-refractivity contribution is 5.90. The molecule has 33 heavy (non-hydrogen) atoms. The van der Waals surface area contributed by atoms with Crippen LogP contribution in [-0.2, 0) is 24.9 Å². The highest BCUT2D eigenvalue weighted by Gasteiger charge is 2.26. The van der Waals surface area contributed by atoms with Crippen LogP contribution in [0.25, 0.3) is 11.2 Å². The summed E-state index contributed by atoms with van der Waals surface area (Å²) in [6.07, 6.45) is 4.90. The first kappa shape index (κ1) is 22.3. The molecular weight excluding hydrogens is 424 g/mol. The Hall–Kier alpha value is -3.91. The van der Waals surface area contributed by atoms with E-state index >= 15 is 0 Å². The molecule has 1 aliphatic heterocycles. The van der Waals surface area contributed by atoms with Gasteiger partial charge in [-0.2, -0.15) is 4.98 Å². The number of imidazole rings is 1. The van der Waals surface area contributed by atoms with Crippen molar-refractivity contribution in [2.75, 3.05) is 23.3 Å². The Labute approximate surface area is 189 Å². The van der Waals surface area contributed by atoms with Gasteiger partial charge in [-0.3, -0.25) is 23.7 Å². The second-order valence-corrected chi connectivity index (χ2v) is 7.96. The van der Waals surface area contributed by atoms with Crippen molar-refractivity contribution in [3.8, 4) is 11.8 Å². The van der Waals surface area contributed by atoms with Crippen molar-refractivity contribution in [3.05, 3.63) is 45.4 Å². The maximum atomic E-state index is 13.4. The van der Waals surface area contributed by atoms with Gasteiger partial charge in [-0.15, -0.1) is 5.92 Å². The number of carbonyl (C=O) groups is 1. The summed E-state index contributed by atoms with van der Waals surface area (Å²) in [7, 11) is 1.54. The second kappa shape index (κ2) is 9.30. The van der Waals surface area contributed by atoms with Crippen molar-refractivity contribution in [1.82, 2.24) is 23.7 Å². The Balaban J connectivity index is 1.81. The summed E-state index contributed by atoms with van der Waals surface area (Å²) in [5, 5.41) is 2.67. The van der Waals surface area contributed by atoms with E-state index in [0.717, 1.165) is 24.0 Å². The van der Waals surface area contributed by atoms with E-state index < -0.39 is 23.7 Å². The van der Waals surface area contributed by atoms with Crippen molar-refractivity contribution in [1.29, 1.82) is 0 Å². The molecule has 3 aromatic heterocycles. The van der Waals surface area contributed by atoms with Crippen molar-refractivity contribution in [3.63, 3.8) is 0 Å². The van der Waals surface area contributed by atoms with Gasteiger partial charge in [0.2, 0.25) is 11.9 Å². The molecule has 11 nitrogen and oxygen atoms in total. The Kier molecular flexibility index (Phi) is 6.28. The SMILES string of the molecule is CC#CCn1c(N2CCCC(N)C2)nc2c1c(=O)n(CC(=O)Nc1ccncc1)c(=O)n2C. The largest absolute Gasteiger partial charge is 0.341 e. The van der Waals surface area contributed by atoms with E-state index in [-0.39, 0.29) is 23.8 Å². The van der Waals surface area contributed by atoms with Gasteiger partial charge in [0.1, 0.15) is 6.54 Å². The molecule has 1 amide bonds. The zero-order chi connectivity index (χ0) is 23.5. The third-order valence-electron chi connectivity index (χ3n) is 5.63. The van der Waals surface area contributed by atoms with Crippen LogP contribution in [0, 0.1) is 11.8 Å². The van der Waals surface area contributed by atoms with Gasteiger partial charge in [-0.25, -0.2) is 9.36 Å². The van der Waals surface area contributed by atoms with Gasteiger partial charge in [-0.05, 0) is 31.9 Å². The quantitative estimate of drug-likeness (QED) is 0.518. The number of amides is 1. The summed E-state index contributed by atoms with van der Waals surface area (Å²) in [5.74, 6) is 5.87. The molecule has 1 saturated heterocycles. The molecule has 3 N–H and O–H groups in total. The molecule has 0 spiro atoms. The minimum atomic E-state index is -0.620. The zero-order valence-corrected chi connectivity index (χ0v) is 18.6. The van der Waals surface area contributed by atoms with E-state index in [4.69, 9.17) is 5.73 Å². The Morgan fingerprint density at radius 2 is 2.03 bits per heavy atom. The second-order valence-electron chi connectivity index (χ2n) is 7.96. The van der Waals surface area contributed by atoms with Crippen LogP contribution in [0.3, 0.4) is 0 Å². The third-order valence-corrected chi connectivity index (χ3v) is 5.63. The van der Waals surface area contributed by atoms with Gasteiger partial charge in [0.15, 0.2) is 11.2 Å². The molecule has 0 bridgehead atoms. The summed E-state index contributed by atoms with van der Waals surface area (Å²) < 4.78 is 3.92. The number of aryl methyl sites for hydroxylation is 1. The summed E-state index contributed by atoms with van der Waals surface area (Å²) in [4.78, 5) is 49.6. The minimum Gasteiger partial charge on any atom is -0.341 e. The number of anilines is 2. The van der Waals surface area contributed by atoms with Crippen LogP contribution in [0.2, 0.25) is 0 Å². The predicted octanol–water partition coefficient (Wildman–Crippen LogP) is -0.119. The zero-order valence-electron chi connectivity index (χ0n) is 18.6. The monoisotopic (exact) mass is 450 g/mol. The fraction of sp³-hybridized carbons (Fsp3) is 0.409. The first-order valence-electron chi connectivity index (χ1n) is 10.7. The Morgan fingerprint density at radius 3 is 2.73 bits per heavy atom. The average Bonchev–Trinajstić information content (AvgIpc) is 3.19. The number of rotatable bonds is 5. The van der Waals surface area contributed by atoms with Gasteiger partial charge in [-0.1, -0.05) is 5.92 Å². The van der Waals surface area contributed by atoms with Crippen LogP contribution in [0.5, 0.6) is 0 Å². The molecular formula is C22H26N8O3. The minimum absolute atomic E-state index is 0.00151. The molecule has 0 radical (unpaired) electrons. The number of pyridine rings is 1. The fourth-order valence-electron chi connectivity index (χ4n) is 4.02. The van der Waals surface area contributed by atoms with Crippen LogP contribution in [0.4, 0.5) is 11.6 Å². The normalized spacial score (nSPS) is 15.8. The molecule has 1 atom stereocenters. The third kappa shape index (κ3) is 4.38. The van der Waals surface area contributed by atoms with E-state index in [1.165, 1.54) is 24.0 Å². The average molecular weight is 451 g/mol. The van der Waals surface area contributed by atoms with Crippen LogP contribution in [0.15, 0.2) is 34.1 Å². The van der Waals surface area contributed by atoms with Crippen LogP contribution < -0.4 is 27.2 Å². The number of hydrogen-bond acceptors (Lipinski definition) is 7. The van der Waals surface area contributed by atoms with Gasteiger partial charge < -0.3 is 16.0 Å². The van der Waals surface area contributed by atoms with E-state index in [0.29, 0.717) is 18.2 Å². The van der Waals surface area contributed by atoms with E-state index in [9.17, 15) is 14.4 Å². The molecule has 1 aliphatic rings. The molecule has 3 aromatic rings. The molecule has 0 aliphatic carbocycles. The highest BCUT2D eigenvalue weighted by atomic mass is 16.2. The summed E-state index contributed by atoms with van der Waals surface area (Å²) >= 11 is 0. The molecule has 0 saturated carbocycles. The number of piperidine rings is 1. The lowest BCUT2D eigenvalue weighted by Crippen LogP contribution is -2.44. The number of hydrogen-bond donors (Lipinski definition) is 2. The van der Waals surface area contributed by atoms with E-state index in [2.05, 4.69) is 27.1 Å². The number of fused-ring (bicyclic) bond motifs is 1. The van der Waals surface area contributed by atoms with Crippen LogP contribution >= 0.6 is 0 Å². The topological polar surface area (TPSA) is 133 Å². The lowest BCUT2D eigenvalue weighted by Gasteiger charge is -2.31. The molecule has 172 valence electrons. The van der Waals surface area contributed by atoms with Crippen LogP contribution in [-0.4, -0.2) is 48.7 Å². The van der Waals surface area contributed by atoms with Gasteiger partial charge in [0.25, 0.3) is 5.56 Å². The number of carbonyl (C=O) groups excluding carboxylic acids is 1. The maximum Gasteiger partial charge on any atom is 0.332 e.